The van der Waals surface area contributed by atoms with E-state index in [1.807, 2.05) is 0 Å². The van der Waals surface area contributed by atoms with Gasteiger partial charge in [-0.15, -0.1) is 0 Å². The Labute approximate surface area is 161 Å². The highest BCUT2D eigenvalue weighted by molar-refractivity contribution is 5.95. The highest BCUT2D eigenvalue weighted by atomic mass is 16.6. The number of carbonyl (C=O) groups excluding carboxylic acids is 1. The van der Waals surface area contributed by atoms with Crippen molar-refractivity contribution in [2.24, 2.45) is 0 Å². The molecule has 28 heavy (non-hydrogen) atoms. The number of aryl methyl sites for hydroxylation is 1. The van der Waals surface area contributed by atoms with Crippen LogP contribution in [0.4, 0.5) is 5.69 Å². The largest absolute Gasteiger partial charge is 0.497 e. The van der Waals surface area contributed by atoms with Crippen molar-refractivity contribution in [3.63, 3.8) is 0 Å². The van der Waals surface area contributed by atoms with Crippen LogP contribution in [0.5, 0.6) is 11.5 Å². The van der Waals surface area contributed by atoms with E-state index < -0.39 is 22.8 Å². The van der Waals surface area contributed by atoms with Gasteiger partial charge in [0.05, 0.1) is 31.6 Å². The molecule has 2 N–H and O–H groups in total. The Hall–Kier alpha value is -3.62. The second-order valence-electron chi connectivity index (χ2n) is 5.99. The van der Waals surface area contributed by atoms with Crippen molar-refractivity contribution >= 4 is 17.6 Å². The number of nitrogens with zero attached hydrogens (tertiary/aromatic N) is 1. The average molecular weight is 388 g/mol. The summed E-state index contributed by atoms with van der Waals surface area (Å²) in [5.41, 5.74) is 0.883. The maximum absolute atomic E-state index is 12.6. The SMILES string of the molecule is COc1ccc(C(CC(=O)O)NC(=O)c2ccc([N+](=O)[O-])c(C)c2)c(OC)c1. The first-order valence-corrected chi connectivity index (χ1v) is 8.26. The van der Waals surface area contributed by atoms with Crippen molar-refractivity contribution < 1.29 is 29.1 Å². The van der Waals surface area contributed by atoms with Gasteiger partial charge < -0.3 is 19.9 Å². The molecule has 9 heteroatoms. The van der Waals surface area contributed by atoms with Crippen LogP contribution in [0.15, 0.2) is 36.4 Å². The van der Waals surface area contributed by atoms with E-state index in [2.05, 4.69) is 5.32 Å². The van der Waals surface area contributed by atoms with Gasteiger partial charge in [-0.3, -0.25) is 19.7 Å². The molecule has 0 spiro atoms. The van der Waals surface area contributed by atoms with Crippen LogP contribution < -0.4 is 14.8 Å². The number of hydrogen-bond donors (Lipinski definition) is 2. The van der Waals surface area contributed by atoms with Gasteiger partial charge in [0.1, 0.15) is 11.5 Å². The van der Waals surface area contributed by atoms with Crippen molar-refractivity contribution in [1.29, 1.82) is 0 Å². The summed E-state index contributed by atoms with van der Waals surface area (Å²) in [6, 6.07) is 7.92. The molecule has 1 atom stereocenters. The third-order valence-electron chi connectivity index (χ3n) is 4.16. The number of carboxylic acid groups (broad SMARTS) is 1. The lowest BCUT2D eigenvalue weighted by atomic mass is 10.0. The minimum atomic E-state index is -1.11. The molecule has 0 saturated carbocycles. The van der Waals surface area contributed by atoms with E-state index in [1.165, 1.54) is 39.3 Å². The van der Waals surface area contributed by atoms with Gasteiger partial charge in [-0.05, 0) is 31.2 Å². The second-order valence-corrected chi connectivity index (χ2v) is 5.99. The molecule has 0 radical (unpaired) electrons. The zero-order valence-corrected chi connectivity index (χ0v) is 15.6. The molecule has 0 aliphatic rings. The summed E-state index contributed by atoms with van der Waals surface area (Å²) in [6.45, 7) is 1.52. The van der Waals surface area contributed by atoms with Crippen LogP contribution in [0, 0.1) is 17.0 Å². The maximum Gasteiger partial charge on any atom is 0.305 e. The number of methoxy groups -OCH3 is 2. The van der Waals surface area contributed by atoms with Gasteiger partial charge in [0.15, 0.2) is 0 Å². The van der Waals surface area contributed by atoms with E-state index >= 15 is 0 Å². The van der Waals surface area contributed by atoms with Gasteiger partial charge in [0, 0.05) is 28.8 Å². The molecule has 0 aliphatic heterocycles. The number of amides is 1. The molecule has 0 bridgehead atoms. The fourth-order valence-electron chi connectivity index (χ4n) is 2.76. The molecule has 148 valence electrons. The van der Waals surface area contributed by atoms with Crippen LogP contribution in [-0.4, -0.2) is 36.1 Å². The molecule has 0 aromatic heterocycles. The Morgan fingerprint density at radius 1 is 1.18 bits per heavy atom. The van der Waals surface area contributed by atoms with Crippen LogP contribution in [0.3, 0.4) is 0 Å². The van der Waals surface area contributed by atoms with E-state index in [4.69, 9.17) is 9.47 Å². The number of carboxylic acids is 1. The maximum atomic E-state index is 12.6. The second kappa shape index (κ2) is 8.85. The number of carbonyl (C=O) groups is 2. The van der Waals surface area contributed by atoms with Crippen LogP contribution in [0.25, 0.3) is 0 Å². The number of benzene rings is 2. The van der Waals surface area contributed by atoms with Crippen molar-refractivity contribution in [2.45, 2.75) is 19.4 Å². The number of nitro benzene ring substituents is 1. The van der Waals surface area contributed by atoms with Crippen LogP contribution in [-0.2, 0) is 4.79 Å². The van der Waals surface area contributed by atoms with E-state index in [1.54, 1.807) is 18.2 Å². The van der Waals surface area contributed by atoms with Gasteiger partial charge in [-0.2, -0.15) is 0 Å². The molecular weight excluding hydrogens is 368 g/mol. The zero-order chi connectivity index (χ0) is 20.8. The van der Waals surface area contributed by atoms with Crippen LogP contribution >= 0.6 is 0 Å². The van der Waals surface area contributed by atoms with Crippen molar-refractivity contribution in [3.05, 3.63) is 63.2 Å². The first-order chi connectivity index (χ1) is 13.3. The zero-order valence-electron chi connectivity index (χ0n) is 15.6. The molecule has 1 amide bonds. The standard InChI is InChI=1S/C19H20N2O7/c1-11-8-12(4-7-16(11)21(25)26)19(24)20-15(10-18(22)23)14-6-5-13(27-2)9-17(14)28-3/h4-9,15H,10H2,1-3H3,(H,20,24)(H,22,23). The highest BCUT2D eigenvalue weighted by Gasteiger charge is 2.23. The lowest BCUT2D eigenvalue weighted by Crippen LogP contribution is -2.30. The quantitative estimate of drug-likeness (QED) is 0.525. The Morgan fingerprint density at radius 2 is 1.89 bits per heavy atom. The average Bonchev–Trinajstić information content (AvgIpc) is 2.66. The van der Waals surface area contributed by atoms with Gasteiger partial charge in [0.2, 0.25) is 0 Å². The van der Waals surface area contributed by atoms with E-state index in [9.17, 15) is 24.8 Å². The lowest BCUT2D eigenvalue weighted by molar-refractivity contribution is -0.385. The Balaban J connectivity index is 2.35. The van der Waals surface area contributed by atoms with Gasteiger partial charge in [-0.25, -0.2) is 0 Å². The summed E-state index contributed by atoms with van der Waals surface area (Å²) in [7, 11) is 2.92. The van der Waals surface area contributed by atoms with Crippen LogP contribution in [0.2, 0.25) is 0 Å². The molecule has 0 saturated heterocycles. The number of ether oxygens (including phenoxy) is 2. The Morgan fingerprint density at radius 3 is 2.43 bits per heavy atom. The fourth-order valence-corrected chi connectivity index (χ4v) is 2.76. The van der Waals surface area contributed by atoms with Gasteiger partial charge in [0.25, 0.3) is 11.6 Å². The van der Waals surface area contributed by atoms with Crippen LogP contribution in [0.1, 0.15) is 33.9 Å². The van der Waals surface area contributed by atoms with Crippen molar-refractivity contribution in [3.8, 4) is 11.5 Å². The number of hydrogen-bond acceptors (Lipinski definition) is 6. The molecule has 1 unspecified atom stereocenters. The highest BCUT2D eigenvalue weighted by Crippen LogP contribution is 2.31. The van der Waals surface area contributed by atoms with Gasteiger partial charge in [-0.1, -0.05) is 0 Å². The predicted molar refractivity (Wildman–Crippen MR) is 99.8 cm³/mol. The Bertz CT molecular complexity index is 911. The summed E-state index contributed by atoms with van der Waals surface area (Å²) in [5.74, 6) is -0.775. The molecule has 0 heterocycles. The Kier molecular flexibility index (Phi) is 6.54. The monoisotopic (exact) mass is 388 g/mol. The topological polar surface area (TPSA) is 128 Å². The van der Waals surface area contributed by atoms with E-state index in [-0.39, 0.29) is 17.7 Å². The third kappa shape index (κ3) is 4.76. The van der Waals surface area contributed by atoms with E-state index in [0.717, 1.165) is 0 Å². The minimum Gasteiger partial charge on any atom is -0.497 e. The third-order valence-corrected chi connectivity index (χ3v) is 4.16. The molecule has 9 nitrogen and oxygen atoms in total. The van der Waals surface area contributed by atoms with Crippen molar-refractivity contribution in [2.75, 3.05) is 14.2 Å². The number of aliphatic carboxylic acids is 1. The predicted octanol–water partition coefficient (Wildman–Crippen LogP) is 2.87. The fraction of sp³-hybridized carbons (Fsp3) is 0.263. The van der Waals surface area contributed by atoms with Gasteiger partial charge >= 0.3 is 5.97 Å². The molecule has 0 aliphatic carbocycles. The minimum absolute atomic E-state index is 0.101. The summed E-state index contributed by atoms with van der Waals surface area (Å²) in [6.07, 6.45) is -0.375. The summed E-state index contributed by atoms with van der Waals surface area (Å²) in [5, 5.41) is 22.8. The first kappa shape index (κ1) is 20.7. The first-order valence-electron chi connectivity index (χ1n) is 8.26. The molecular formula is C19H20N2O7. The summed E-state index contributed by atoms with van der Waals surface area (Å²) < 4.78 is 10.4. The molecule has 0 fully saturated rings. The number of nitrogens with one attached hydrogen (secondary N) is 1. The lowest BCUT2D eigenvalue weighted by Gasteiger charge is -2.20. The van der Waals surface area contributed by atoms with Crippen molar-refractivity contribution in [1.82, 2.24) is 5.32 Å². The van der Waals surface area contributed by atoms with E-state index in [0.29, 0.717) is 22.6 Å². The molecule has 2 aromatic rings. The number of nitro groups is 1. The molecule has 2 aromatic carbocycles. The smallest absolute Gasteiger partial charge is 0.305 e. The number of rotatable bonds is 8. The normalized spacial score (nSPS) is 11.4. The molecule has 2 rings (SSSR count). The summed E-state index contributed by atoms with van der Waals surface area (Å²) in [4.78, 5) is 34.3. The summed E-state index contributed by atoms with van der Waals surface area (Å²) >= 11 is 0.